The second kappa shape index (κ2) is 4.42. The average Bonchev–Trinajstić information content (AvgIpc) is 2.75. The Morgan fingerprint density at radius 2 is 2.33 bits per heavy atom. The minimum Gasteiger partial charge on any atom is -0.398 e. The molecule has 2 aromatic rings. The Morgan fingerprint density at radius 1 is 1.47 bits per heavy atom. The largest absolute Gasteiger partial charge is 0.398 e. The summed E-state index contributed by atoms with van der Waals surface area (Å²) in [6.45, 7) is 0. The first-order chi connectivity index (χ1) is 7.33. The zero-order valence-electron chi connectivity index (χ0n) is 8.47. The number of hydrogen-bond donors (Lipinski definition) is 2. The van der Waals surface area contributed by atoms with Gasteiger partial charge in [0.05, 0.1) is 6.04 Å². The Hall–Kier alpha value is -1.39. The number of rotatable bonds is 3. The molecule has 4 heteroatoms. The molecule has 0 aromatic carbocycles. The van der Waals surface area contributed by atoms with Crippen LogP contribution in [0.2, 0.25) is 0 Å². The van der Waals surface area contributed by atoms with Crippen LogP contribution in [0.1, 0.15) is 17.2 Å². The van der Waals surface area contributed by atoms with Gasteiger partial charge in [0.15, 0.2) is 0 Å². The van der Waals surface area contributed by atoms with Crippen LogP contribution in [-0.2, 0) is 0 Å². The Balaban J connectivity index is 2.40. The molecular formula is C11H13N3S. The minimum atomic E-state index is 0.130. The van der Waals surface area contributed by atoms with Crippen molar-refractivity contribution in [2.75, 3.05) is 12.8 Å². The van der Waals surface area contributed by atoms with Crippen molar-refractivity contribution in [1.29, 1.82) is 0 Å². The summed E-state index contributed by atoms with van der Waals surface area (Å²) >= 11 is 1.68. The molecule has 1 atom stereocenters. The number of thiophene rings is 1. The molecule has 3 nitrogen and oxygen atoms in total. The van der Waals surface area contributed by atoms with E-state index in [0.29, 0.717) is 0 Å². The molecule has 0 saturated heterocycles. The molecule has 0 saturated carbocycles. The fourth-order valence-electron chi connectivity index (χ4n) is 1.60. The Bertz CT molecular complexity index is 425. The molecule has 2 heterocycles. The lowest BCUT2D eigenvalue weighted by Gasteiger charge is -2.16. The quantitative estimate of drug-likeness (QED) is 0.830. The van der Waals surface area contributed by atoms with Crippen LogP contribution < -0.4 is 11.1 Å². The van der Waals surface area contributed by atoms with Gasteiger partial charge in [0, 0.05) is 23.6 Å². The zero-order chi connectivity index (χ0) is 10.7. The fourth-order valence-corrected chi connectivity index (χ4v) is 2.29. The molecule has 2 rings (SSSR count). The van der Waals surface area contributed by atoms with E-state index in [0.717, 1.165) is 11.3 Å². The van der Waals surface area contributed by atoms with Crippen molar-refractivity contribution in [3.63, 3.8) is 0 Å². The molecule has 0 amide bonds. The third-order valence-corrected chi connectivity index (χ3v) is 3.06. The maximum atomic E-state index is 5.93. The first-order valence-electron chi connectivity index (χ1n) is 4.71. The number of aromatic nitrogens is 1. The van der Waals surface area contributed by atoms with Gasteiger partial charge in [-0.1, -0.05) is 0 Å². The lowest BCUT2D eigenvalue weighted by atomic mass is 10.0. The zero-order valence-corrected chi connectivity index (χ0v) is 9.29. The van der Waals surface area contributed by atoms with E-state index >= 15 is 0 Å². The lowest BCUT2D eigenvalue weighted by molar-refractivity contribution is 0.693. The van der Waals surface area contributed by atoms with E-state index in [1.807, 2.05) is 19.3 Å². The van der Waals surface area contributed by atoms with Crippen LogP contribution in [0.3, 0.4) is 0 Å². The second-order valence-corrected chi connectivity index (χ2v) is 4.06. The molecule has 0 aliphatic carbocycles. The fraction of sp³-hybridized carbons (Fsp3) is 0.182. The molecule has 0 fully saturated rings. The molecule has 0 bridgehead atoms. The number of nitrogens with two attached hydrogens (primary N) is 1. The first kappa shape index (κ1) is 10.1. The van der Waals surface area contributed by atoms with Crippen LogP contribution in [0.25, 0.3) is 0 Å². The third kappa shape index (κ3) is 2.00. The Labute approximate surface area is 93.0 Å². The van der Waals surface area contributed by atoms with Crippen LogP contribution in [0, 0.1) is 0 Å². The van der Waals surface area contributed by atoms with Gasteiger partial charge in [-0.05, 0) is 35.5 Å². The summed E-state index contributed by atoms with van der Waals surface area (Å²) in [5.41, 5.74) is 8.95. The van der Waals surface area contributed by atoms with Gasteiger partial charge < -0.3 is 11.1 Å². The highest BCUT2D eigenvalue weighted by Crippen LogP contribution is 2.26. The van der Waals surface area contributed by atoms with Crippen LogP contribution in [-0.4, -0.2) is 12.0 Å². The Morgan fingerprint density at radius 3 is 2.93 bits per heavy atom. The summed E-state index contributed by atoms with van der Waals surface area (Å²) in [5, 5.41) is 7.43. The maximum Gasteiger partial charge on any atom is 0.0618 e. The van der Waals surface area contributed by atoms with Gasteiger partial charge in [0.25, 0.3) is 0 Å². The highest BCUT2D eigenvalue weighted by Gasteiger charge is 2.14. The molecule has 0 aliphatic heterocycles. The van der Waals surface area contributed by atoms with Crippen molar-refractivity contribution in [3.8, 4) is 0 Å². The van der Waals surface area contributed by atoms with Crippen molar-refractivity contribution in [3.05, 3.63) is 46.4 Å². The molecule has 0 spiro atoms. The SMILES string of the molecule is CNC(c1ccsc1)c1cnccc1N. The summed E-state index contributed by atoms with van der Waals surface area (Å²) in [5.74, 6) is 0. The monoisotopic (exact) mass is 219 g/mol. The minimum absolute atomic E-state index is 0.130. The van der Waals surface area contributed by atoms with Crippen LogP contribution in [0.4, 0.5) is 5.69 Å². The molecule has 15 heavy (non-hydrogen) atoms. The summed E-state index contributed by atoms with van der Waals surface area (Å²) in [7, 11) is 1.93. The van der Waals surface area contributed by atoms with Gasteiger partial charge >= 0.3 is 0 Å². The van der Waals surface area contributed by atoms with E-state index in [2.05, 4.69) is 27.1 Å². The molecule has 78 valence electrons. The number of anilines is 1. The highest BCUT2D eigenvalue weighted by molar-refractivity contribution is 7.08. The predicted molar refractivity (Wildman–Crippen MR) is 63.9 cm³/mol. The number of nitrogens with zero attached hydrogens (tertiary/aromatic N) is 1. The number of pyridine rings is 1. The van der Waals surface area contributed by atoms with Gasteiger partial charge in [0.1, 0.15) is 0 Å². The first-order valence-corrected chi connectivity index (χ1v) is 5.66. The molecule has 1 unspecified atom stereocenters. The predicted octanol–water partition coefficient (Wildman–Crippen LogP) is 2.03. The topological polar surface area (TPSA) is 50.9 Å². The van der Waals surface area contributed by atoms with E-state index < -0.39 is 0 Å². The van der Waals surface area contributed by atoms with E-state index in [4.69, 9.17) is 5.73 Å². The summed E-state index contributed by atoms with van der Waals surface area (Å²) < 4.78 is 0. The smallest absolute Gasteiger partial charge is 0.0618 e. The van der Waals surface area contributed by atoms with E-state index in [1.54, 1.807) is 17.5 Å². The summed E-state index contributed by atoms with van der Waals surface area (Å²) in [6.07, 6.45) is 3.52. The van der Waals surface area contributed by atoms with Crippen molar-refractivity contribution in [1.82, 2.24) is 10.3 Å². The van der Waals surface area contributed by atoms with Gasteiger partial charge in [0.2, 0.25) is 0 Å². The van der Waals surface area contributed by atoms with Crippen LogP contribution >= 0.6 is 11.3 Å². The van der Waals surface area contributed by atoms with Crippen molar-refractivity contribution < 1.29 is 0 Å². The van der Waals surface area contributed by atoms with Gasteiger partial charge in [-0.25, -0.2) is 0 Å². The summed E-state index contributed by atoms with van der Waals surface area (Å²) in [6, 6.07) is 4.05. The number of nitrogens with one attached hydrogen (secondary N) is 1. The van der Waals surface area contributed by atoms with E-state index in [-0.39, 0.29) is 6.04 Å². The van der Waals surface area contributed by atoms with Crippen LogP contribution in [0.5, 0.6) is 0 Å². The normalized spacial score (nSPS) is 12.6. The lowest BCUT2D eigenvalue weighted by Crippen LogP contribution is -2.18. The average molecular weight is 219 g/mol. The molecule has 0 radical (unpaired) electrons. The molecule has 3 N–H and O–H groups in total. The van der Waals surface area contributed by atoms with Crippen molar-refractivity contribution >= 4 is 17.0 Å². The van der Waals surface area contributed by atoms with Crippen molar-refractivity contribution in [2.45, 2.75) is 6.04 Å². The summed E-state index contributed by atoms with van der Waals surface area (Å²) in [4.78, 5) is 4.11. The Kier molecular flexibility index (Phi) is 2.99. The van der Waals surface area contributed by atoms with E-state index in [9.17, 15) is 0 Å². The second-order valence-electron chi connectivity index (χ2n) is 3.28. The molecule has 0 aliphatic rings. The van der Waals surface area contributed by atoms with Crippen LogP contribution in [0.15, 0.2) is 35.3 Å². The van der Waals surface area contributed by atoms with Gasteiger partial charge in [-0.2, -0.15) is 11.3 Å². The van der Waals surface area contributed by atoms with E-state index in [1.165, 1.54) is 5.56 Å². The molecular weight excluding hydrogens is 206 g/mol. The maximum absolute atomic E-state index is 5.93. The molecule has 2 aromatic heterocycles. The standard InChI is InChI=1S/C11H13N3S/c1-13-11(8-3-5-15-7-8)9-6-14-4-2-10(9)12/h2-7,11,13H,1H3,(H2,12,14). The number of hydrogen-bond acceptors (Lipinski definition) is 4. The van der Waals surface area contributed by atoms with Crippen molar-refractivity contribution in [2.24, 2.45) is 0 Å². The third-order valence-electron chi connectivity index (χ3n) is 2.36. The number of nitrogen functional groups attached to an aromatic ring is 1. The highest BCUT2D eigenvalue weighted by atomic mass is 32.1. The van der Waals surface area contributed by atoms with Gasteiger partial charge in [-0.3, -0.25) is 4.98 Å². The van der Waals surface area contributed by atoms with Gasteiger partial charge in [-0.15, -0.1) is 0 Å².